The number of epoxide rings is 1. The van der Waals surface area contributed by atoms with E-state index in [0.717, 1.165) is 38.7 Å². The Labute approximate surface area is 185 Å². The lowest BCUT2D eigenvalue weighted by atomic mass is 9.50. The molecule has 2 aliphatic heterocycles. The van der Waals surface area contributed by atoms with E-state index in [2.05, 4.69) is 34.6 Å². The summed E-state index contributed by atoms with van der Waals surface area (Å²) in [5.74, 6) is 0.182. The molecule has 2 saturated heterocycles. The normalized spacial score (nSPS) is 34.3. The van der Waals surface area contributed by atoms with Gasteiger partial charge in [0.1, 0.15) is 12.2 Å². The summed E-state index contributed by atoms with van der Waals surface area (Å²) in [6.45, 7) is 13.0. The highest BCUT2D eigenvalue weighted by molar-refractivity contribution is 6.90. The van der Waals surface area contributed by atoms with Crippen LogP contribution in [-0.4, -0.2) is 69.9 Å². The van der Waals surface area contributed by atoms with Crippen molar-refractivity contribution in [3.05, 3.63) is 0 Å². The summed E-state index contributed by atoms with van der Waals surface area (Å²) in [6.07, 6.45) is 6.39. The van der Waals surface area contributed by atoms with Crippen LogP contribution in [-0.2, 0) is 14.2 Å². The number of carbonyl (C=O) groups excluding carboxylic acids is 1. The highest BCUT2D eigenvalue weighted by Crippen LogP contribution is 2.56. The van der Waals surface area contributed by atoms with Crippen molar-refractivity contribution >= 4 is 21.0 Å². The van der Waals surface area contributed by atoms with Gasteiger partial charge >= 0.3 is 6.09 Å². The lowest BCUT2D eigenvalue weighted by Gasteiger charge is -2.48. The molecule has 7 heteroatoms. The van der Waals surface area contributed by atoms with Crippen molar-refractivity contribution in [2.45, 2.75) is 103 Å². The maximum Gasteiger partial charge on any atom is 0.409 e. The van der Waals surface area contributed by atoms with Crippen LogP contribution in [0.2, 0.25) is 0 Å². The van der Waals surface area contributed by atoms with Crippen LogP contribution in [0.4, 0.5) is 4.79 Å². The zero-order chi connectivity index (χ0) is 22.2. The summed E-state index contributed by atoms with van der Waals surface area (Å²) < 4.78 is 18.1. The monoisotopic (exact) mass is 416 g/mol. The molecule has 0 aromatic carbocycles. The number of amides is 1. The minimum absolute atomic E-state index is 0.0233. The number of likely N-dealkylation sites (tertiary alicyclic amines) is 1. The quantitative estimate of drug-likeness (QED) is 0.463. The first-order valence-electron chi connectivity index (χ1n) is 11.7. The standard InChI is InChI=1S/C23H40B2NO4/c1-21(2,3)11-8-12-22(4,5)19-18(28-6)16(10-13-23(19)15-29-23)30-20(27)26-14-7-9-17(26)25-24/h16-19H,7-15H2,1-6H3. The van der Waals surface area contributed by atoms with Gasteiger partial charge in [-0.3, -0.25) is 0 Å². The Morgan fingerprint density at radius 2 is 1.93 bits per heavy atom. The fourth-order valence-electron chi connectivity index (χ4n) is 5.85. The third-order valence-corrected chi connectivity index (χ3v) is 7.50. The third-order valence-electron chi connectivity index (χ3n) is 7.50. The fourth-order valence-corrected chi connectivity index (χ4v) is 5.85. The lowest BCUT2D eigenvalue weighted by molar-refractivity contribution is -0.136. The van der Waals surface area contributed by atoms with Crippen LogP contribution < -0.4 is 0 Å². The summed E-state index contributed by atoms with van der Waals surface area (Å²) >= 11 is 0. The second-order valence-electron chi connectivity index (χ2n) is 11.5. The molecule has 0 N–H and O–H groups in total. The van der Waals surface area contributed by atoms with Crippen molar-refractivity contribution in [1.82, 2.24) is 4.90 Å². The predicted octanol–water partition coefficient (Wildman–Crippen LogP) is 4.14. The lowest BCUT2D eigenvalue weighted by Crippen LogP contribution is -2.56. The number of hydrogen-bond acceptors (Lipinski definition) is 4. The SMILES string of the molecule is [B][B]C1CCCN1C(=O)OC1CCC2(CO2)C(C(C)(C)CCCC(C)(C)C)C1OC. The number of ether oxygens (including phenoxy) is 3. The minimum atomic E-state index is -0.261. The van der Waals surface area contributed by atoms with Gasteiger partial charge in [-0.25, -0.2) is 4.79 Å². The van der Waals surface area contributed by atoms with Gasteiger partial charge in [0.25, 0.3) is 0 Å². The van der Waals surface area contributed by atoms with Crippen molar-refractivity contribution in [3.63, 3.8) is 0 Å². The molecule has 5 unspecified atom stereocenters. The molecule has 3 rings (SSSR count). The van der Waals surface area contributed by atoms with Gasteiger partial charge in [0, 0.05) is 27.3 Å². The Bertz CT molecular complexity index is 603. The van der Waals surface area contributed by atoms with Crippen molar-refractivity contribution in [1.29, 1.82) is 0 Å². The fraction of sp³-hybridized carbons (Fsp3) is 0.957. The van der Waals surface area contributed by atoms with Gasteiger partial charge in [0.2, 0.25) is 0 Å². The van der Waals surface area contributed by atoms with Crippen LogP contribution in [0.5, 0.6) is 0 Å². The molecule has 1 spiro atoms. The average molecular weight is 416 g/mol. The van der Waals surface area contributed by atoms with E-state index in [9.17, 15) is 4.79 Å². The van der Waals surface area contributed by atoms with Crippen LogP contribution in [0.15, 0.2) is 0 Å². The third kappa shape index (κ3) is 5.20. The van der Waals surface area contributed by atoms with Gasteiger partial charge in [0.05, 0.1) is 19.4 Å². The molecule has 3 aliphatic rings. The second kappa shape index (κ2) is 9.05. The summed E-state index contributed by atoms with van der Waals surface area (Å²) in [6, 6.07) is 0. The Kier molecular flexibility index (Phi) is 7.23. The molecule has 0 aromatic rings. The molecule has 5 atom stereocenters. The van der Waals surface area contributed by atoms with Gasteiger partial charge in [-0.05, 0) is 55.3 Å². The van der Waals surface area contributed by atoms with Crippen molar-refractivity contribution < 1.29 is 19.0 Å². The molecule has 3 radical (unpaired) electrons. The van der Waals surface area contributed by atoms with Crippen LogP contribution in [0.25, 0.3) is 0 Å². The molecule has 1 amide bonds. The molecular weight excluding hydrogens is 376 g/mol. The summed E-state index contributed by atoms with van der Waals surface area (Å²) in [5, 5.41) is 0. The zero-order valence-corrected chi connectivity index (χ0v) is 19.9. The van der Waals surface area contributed by atoms with E-state index in [1.165, 1.54) is 12.8 Å². The van der Waals surface area contributed by atoms with Crippen molar-refractivity contribution in [3.8, 4) is 0 Å². The first-order valence-corrected chi connectivity index (χ1v) is 11.7. The number of carbonyl (C=O) groups is 1. The van der Waals surface area contributed by atoms with Gasteiger partial charge in [-0.2, -0.15) is 0 Å². The highest BCUT2D eigenvalue weighted by atomic mass is 16.6. The van der Waals surface area contributed by atoms with Crippen molar-refractivity contribution in [2.24, 2.45) is 16.7 Å². The molecule has 0 aromatic heterocycles. The van der Waals surface area contributed by atoms with E-state index in [1.54, 1.807) is 19.2 Å². The topological polar surface area (TPSA) is 51.3 Å². The molecule has 167 valence electrons. The largest absolute Gasteiger partial charge is 0.443 e. The van der Waals surface area contributed by atoms with Gasteiger partial charge in [-0.1, -0.05) is 41.0 Å². The van der Waals surface area contributed by atoms with Crippen LogP contribution in [0.3, 0.4) is 0 Å². The Balaban J connectivity index is 1.71. The molecule has 5 nitrogen and oxygen atoms in total. The number of rotatable bonds is 7. The number of nitrogens with zero attached hydrogens (tertiary/aromatic N) is 1. The van der Waals surface area contributed by atoms with E-state index in [1.807, 2.05) is 0 Å². The predicted molar refractivity (Wildman–Crippen MR) is 121 cm³/mol. The highest BCUT2D eigenvalue weighted by Gasteiger charge is 2.63. The Hall–Kier alpha value is -0.680. The van der Waals surface area contributed by atoms with E-state index >= 15 is 0 Å². The maximum absolute atomic E-state index is 12.9. The molecule has 1 saturated carbocycles. The number of hydrogen-bond donors (Lipinski definition) is 0. The van der Waals surface area contributed by atoms with Crippen LogP contribution >= 0.6 is 0 Å². The molecule has 2 heterocycles. The first kappa shape index (κ1) is 24.0. The van der Waals surface area contributed by atoms with E-state index in [-0.39, 0.29) is 41.2 Å². The molecule has 30 heavy (non-hydrogen) atoms. The Morgan fingerprint density at radius 3 is 2.50 bits per heavy atom. The molecular formula is C23H40B2NO4. The Morgan fingerprint density at radius 1 is 1.23 bits per heavy atom. The average Bonchev–Trinajstić information content (AvgIpc) is 3.24. The van der Waals surface area contributed by atoms with Crippen LogP contribution in [0, 0.1) is 16.7 Å². The van der Waals surface area contributed by atoms with Gasteiger partial charge < -0.3 is 19.1 Å². The minimum Gasteiger partial charge on any atom is -0.443 e. The van der Waals surface area contributed by atoms with E-state index in [0.29, 0.717) is 12.0 Å². The van der Waals surface area contributed by atoms with E-state index < -0.39 is 0 Å². The smallest absolute Gasteiger partial charge is 0.409 e. The first-order chi connectivity index (χ1) is 14.0. The summed E-state index contributed by atoms with van der Waals surface area (Å²) in [7, 11) is 9.09. The molecule has 3 fully saturated rings. The second-order valence-corrected chi connectivity index (χ2v) is 11.5. The number of methoxy groups -OCH3 is 1. The van der Waals surface area contributed by atoms with Gasteiger partial charge in [0.15, 0.2) is 0 Å². The summed E-state index contributed by atoms with van der Waals surface area (Å²) in [5.41, 5.74) is 0.256. The van der Waals surface area contributed by atoms with E-state index in [4.69, 9.17) is 21.9 Å². The zero-order valence-electron chi connectivity index (χ0n) is 19.9. The molecule has 0 bridgehead atoms. The van der Waals surface area contributed by atoms with Gasteiger partial charge in [-0.15, -0.1) is 0 Å². The van der Waals surface area contributed by atoms with Crippen molar-refractivity contribution in [2.75, 3.05) is 20.3 Å². The van der Waals surface area contributed by atoms with Crippen LogP contribution in [0.1, 0.15) is 79.6 Å². The molecule has 1 aliphatic carbocycles. The summed E-state index contributed by atoms with van der Waals surface area (Å²) in [4.78, 5) is 14.7. The maximum atomic E-state index is 12.9.